The lowest BCUT2D eigenvalue weighted by molar-refractivity contribution is 0.000380. The summed E-state index contributed by atoms with van der Waals surface area (Å²) in [5.74, 6) is 0.521. The van der Waals surface area contributed by atoms with E-state index in [9.17, 15) is 9.50 Å². The highest BCUT2D eigenvalue weighted by molar-refractivity contribution is 7.09. The normalized spacial score (nSPS) is 33.9. The van der Waals surface area contributed by atoms with Gasteiger partial charge in [-0.05, 0) is 37.1 Å². The Labute approximate surface area is 150 Å². The Morgan fingerprint density at radius 3 is 3.00 bits per heavy atom. The van der Waals surface area contributed by atoms with Gasteiger partial charge in [-0.2, -0.15) is 0 Å². The SMILES string of the molecule is OC[C@H]1[C@H]2CN(Cc3nc(-c4ccc(F)cc4)cs3)C[C@]23CC[C@H]1O3. The van der Waals surface area contributed by atoms with Crippen molar-refractivity contribution in [2.75, 3.05) is 19.7 Å². The Balaban J connectivity index is 1.30. The molecule has 3 aliphatic rings. The van der Waals surface area contributed by atoms with Gasteiger partial charge in [-0.1, -0.05) is 0 Å². The lowest BCUT2D eigenvalue weighted by Gasteiger charge is -2.28. The van der Waals surface area contributed by atoms with Crippen molar-refractivity contribution in [3.8, 4) is 11.3 Å². The lowest BCUT2D eigenvalue weighted by Crippen LogP contribution is -2.37. The fourth-order valence-electron chi connectivity index (χ4n) is 4.98. The van der Waals surface area contributed by atoms with Gasteiger partial charge in [0, 0.05) is 42.5 Å². The average Bonchev–Trinajstić information content (AvgIpc) is 3.35. The molecule has 1 N–H and O–H groups in total. The number of thiazole rings is 1. The van der Waals surface area contributed by atoms with Gasteiger partial charge in [-0.25, -0.2) is 9.37 Å². The first-order valence-corrected chi connectivity index (χ1v) is 9.76. The van der Waals surface area contributed by atoms with Crippen molar-refractivity contribution in [3.05, 3.63) is 40.5 Å². The van der Waals surface area contributed by atoms with Gasteiger partial charge in [0.1, 0.15) is 10.8 Å². The van der Waals surface area contributed by atoms with Gasteiger partial charge in [-0.3, -0.25) is 4.90 Å². The highest BCUT2D eigenvalue weighted by atomic mass is 32.1. The van der Waals surface area contributed by atoms with Crippen LogP contribution >= 0.6 is 11.3 Å². The van der Waals surface area contributed by atoms with Gasteiger partial charge in [0.05, 0.1) is 23.9 Å². The maximum absolute atomic E-state index is 13.1. The van der Waals surface area contributed by atoms with Crippen LogP contribution in [0.1, 0.15) is 17.8 Å². The second-order valence-electron chi connectivity index (χ2n) is 7.52. The van der Waals surface area contributed by atoms with Crippen molar-refractivity contribution in [3.63, 3.8) is 0 Å². The second-order valence-corrected chi connectivity index (χ2v) is 8.46. The first-order valence-electron chi connectivity index (χ1n) is 8.88. The summed E-state index contributed by atoms with van der Waals surface area (Å²) in [4.78, 5) is 7.15. The van der Waals surface area contributed by atoms with E-state index < -0.39 is 0 Å². The molecule has 2 bridgehead atoms. The minimum absolute atomic E-state index is 0.0326. The quantitative estimate of drug-likeness (QED) is 0.911. The molecule has 4 nitrogen and oxygen atoms in total. The van der Waals surface area contributed by atoms with Crippen molar-refractivity contribution in [2.24, 2.45) is 11.8 Å². The molecular formula is C19H21FN2O2S. The number of rotatable bonds is 4. The van der Waals surface area contributed by atoms with Crippen LogP contribution in [0.25, 0.3) is 11.3 Å². The molecule has 1 aromatic carbocycles. The van der Waals surface area contributed by atoms with Crippen LogP contribution in [0.5, 0.6) is 0 Å². The van der Waals surface area contributed by atoms with Crippen LogP contribution < -0.4 is 0 Å². The van der Waals surface area contributed by atoms with Gasteiger partial charge in [0.2, 0.25) is 0 Å². The summed E-state index contributed by atoms with van der Waals surface area (Å²) in [5.41, 5.74) is 1.82. The highest BCUT2D eigenvalue weighted by Crippen LogP contribution is 2.54. The van der Waals surface area contributed by atoms with Crippen LogP contribution in [0.3, 0.4) is 0 Å². The minimum Gasteiger partial charge on any atom is -0.396 e. The van der Waals surface area contributed by atoms with Crippen LogP contribution in [0.2, 0.25) is 0 Å². The molecule has 1 spiro atoms. The third-order valence-electron chi connectivity index (χ3n) is 6.12. The number of hydrogen-bond donors (Lipinski definition) is 1. The molecule has 0 amide bonds. The molecule has 0 saturated carbocycles. The largest absolute Gasteiger partial charge is 0.396 e. The van der Waals surface area contributed by atoms with Gasteiger partial charge in [0.25, 0.3) is 0 Å². The zero-order chi connectivity index (χ0) is 17.0. The zero-order valence-corrected chi connectivity index (χ0v) is 14.7. The molecule has 132 valence electrons. The van der Waals surface area contributed by atoms with Crippen LogP contribution in [0.4, 0.5) is 4.39 Å². The molecule has 3 aliphatic heterocycles. The number of benzene rings is 1. The first kappa shape index (κ1) is 15.9. The summed E-state index contributed by atoms with van der Waals surface area (Å²) in [6.45, 7) is 2.97. The standard InChI is InChI=1S/C19H21FN2O2S/c20-13-3-1-12(2-4-13)16-10-25-18(21-16)8-22-7-15-14(9-23)17-5-6-19(15,11-22)24-17/h1-4,10,14-15,17,23H,5-9,11H2/t14-,15+,17+,19+/m0/s1. The number of aliphatic hydroxyl groups is 1. The number of aliphatic hydroxyl groups excluding tert-OH is 1. The molecule has 25 heavy (non-hydrogen) atoms. The van der Waals surface area contributed by atoms with Crippen LogP contribution in [-0.4, -0.2) is 46.4 Å². The van der Waals surface area contributed by atoms with E-state index in [1.165, 1.54) is 12.1 Å². The maximum atomic E-state index is 13.1. The predicted molar refractivity (Wildman–Crippen MR) is 93.7 cm³/mol. The van der Waals surface area contributed by atoms with Crippen molar-refractivity contribution in [1.82, 2.24) is 9.88 Å². The number of nitrogens with zero attached hydrogens (tertiary/aromatic N) is 2. The topological polar surface area (TPSA) is 45.6 Å². The summed E-state index contributed by atoms with van der Waals surface area (Å²) < 4.78 is 19.4. The average molecular weight is 360 g/mol. The summed E-state index contributed by atoms with van der Waals surface area (Å²) in [5, 5.41) is 12.8. The highest BCUT2D eigenvalue weighted by Gasteiger charge is 2.62. The molecule has 3 fully saturated rings. The third-order valence-corrected chi connectivity index (χ3v) is 6.95. The van der Waals surface area contributed by atoms with E-state index in [0.29, 0.717) is 11.8 Å². The summed E-state index contributed by atoms with van der Waals surface area (Å²) >= 11 is 1.65. The lowest BCUT2D eigenvalue weighted by atomic mass is 9.74. The van der Waals surface area contributed by atoms with Crippen LogP contribution in [-0.2, 0) is 11.3 Å². The molecule has 0 unspecified atom stereocenters. The zero-order valence-electron chi connectivity index (χ0n) is 13.9. The van der Waals surface area contributed by atoms with E-state index in [4.69, 9.17) is 9.72 Å². The number of likely N-dealkylation sites (tertiary alicyclic amines) is 1. The molecule has 1 aromatic heterocycles. The fraction of sp³-hybridized carbons (Fsp3) is 0.526. The minimum atomic E-state index is -0.227. The fourth-order valence-corrected chi connectivity index (χ4v) is 5.82. The number of halogens is 1. The smallest absolute Gasteiger partial charge is 0.123 e. The molecular weight excluding hydrogens is 339 g/mol. The molecule has 6 heteroatoms. The number of fused-ring (bicyclic) bond motifs is 1. The van der Waals surface area contributed by atoms with Gasteiger partial charge in [0.15, 0.2) is 0 Å². The van der Waals surface area contributed by atoms with Crippen molar-refractivity contribution in [1.29, 1.82) is 0 Å². The first-order chi connectivity index (χ1) is 12.2. The summed E-state index contributed by atoms with van der Waals surface area (Å²) in [7, 11) is 0. The summed E-state index contributed by atoms with van der Waals surface area (Å²) in [6.07, 6.45) is 2.47. The third kappa shape index (κ3) is 2.54. The van der Waals surface area contributed by atoms with E-state index in [1.807, 2.05) is 5.38 Å². The molecule has 2 aromatic rings. The number of hydrogen-bond acceptors (Lipinski definition) is 5. The van der Waals surface area contributed by atoms with E-state index in [-0.39, 0.29) is 24.1 Å². The number of ether oxygens (including phenoxy) is 1. The number of aromatic nitrogens is 1. The molecule has 3 saturated heterocycles. The maximum Gasteiger partial charge on any atom is 0.123 e. The molecule has 0 aliphatic carbocycles. The van der Waals surface area contributed by atoms with E-state index in [0.717, 1.165) is 48.7 Å². The van der Waals surface area contributed by atoms with Gasteiger partial charge < -0.3 is 9.84 Å². The Bertz CT molecular complexity index is 780. The Morgan fingerprint density at radius 2 is 2.20 bits per heavy atom. The molecule has 0 radical (unpaired) electrons. The van der Waals surface area contributed by atoms with Crippen molar-refractivity contribution in [2.45, 2.75) is 31.1 Å². The monoisotopic (exact) mass is 360 g/mol. The second kappa shape index (κ2) is 5.84. The van der Waals surface area contributed by atoms with Crippen molar-refractivity contribution >= 4 is 11.3 Å². The van der Waals surface area contributed by atoms with E-state index >= 15 is 0 Å². The Morgan fingerprint density at radius 1 is 1.36 bits per heavy atom. The molecule has 4 atom stereocenters. The summed E-state index contributed by atoms with van der Waals surface area (Å²) in [6, 6.07) is 6.48. The van der Waals surface area contributed by atoms with Crippen LogP contribution in [0, 0.1) is 17.7 Å². The molecule has 5 rings (SSSR count). The van der Waals surface area contributed by atoms with Crippen molar-refractivity contribution < 1.29 is 14.2 Å². The van der Waals surface area contributed by atoms with Gasteiger partial charge in [-0.15, -0.1) is 11.3 Å². The van der Waals surface area contributed by atoms with E-state index in [1.54, 1.807) is 23.5 Å². The Hall–Kier alpha value is -1.34. The Kier molecular flexibility index (Phi) is 3.71. The predicted octanol–water partition coefficient (Wildman–Crippen LogP) is 2.92. The van der Waals surface area contributed by atoms with Crippen LogP contribution in [0.15, 0.2) is 29.6 Å². The van der Waals surface area contributed by atoms with Gasteiger partial charge >= 0.3 is 0 Å². The van der Waals surface area contributed by atoms with E-state index in [2.05, 4.69) is 4.90 Å². The molecule has 4 heterocycles.